The predicted molar refractivity (Wildman–Crippen MR) is 94.0 cm³/mol. The van der Waals surface area contributed by atoms with Crippen molar-refractivity contribution in [1.82, 2.24) is 15.0 Å². The van der Waals surface area contributed by atoms with Gasteiger partial charge < -0.3 is 11.1 Å². The van der Waals surface area contributed by atoms with Crippen LogP contribution >= 0.6 is 34.3 Å². The van der Waals surface area contributed by atoms with Crippen LogP contribution in [0.2, 0.25) is 5.28 Å². The molecule has 0 saturated carbocycles. The summed E-state index contributed by atoms with van der Waals surface area (Å²) in [4.78, 5) is 14.2. The number of aromatic nitrogens is 3. The summed E-state index contributed by atoms with van der Waals surface area (Å²) in [5.41, 5.74) is 10.8. The van der Waals surface area contributed by atoms with Gasteiger partial charge in [0, 0.05) is 16.3 Å². The van der Waals surface area contributed by atoms with Crippen LogP contribution in [0.25, 0.3) is 10.2 Å². The van der Waals surface area contributed by atoms with Crippen LogP contribution in [-0.4, -0.2) is 21.0 Å². The van der Waals surface area contributed by atoms with E-state index in [1.807, 2.05) is 17.8 Å². The number of anilines is 1. The smallest absolute Gasteiger partial charge is 0.224 e. The molecule has 5 nitrogen and oxygen atoms in total. The minimum atomic E-state index is 0.113. The molecule has 0 fully saturated rings. The summed E-state index contributed by atoms with van der Waals surface area (Å²) in [6.07, 6.45) is 0.829. The van der Waals surface area contributed by atoms with E-state index < -0.39 is 0 Å². The molecule has 0 aromatic carbocycles. The lowest BCUT2D eigenvalue weighted by molar-refractivity contribution is 0.744. The molecule has 1 atom stereocenters. The zero-order chi connectivity index (χ0) is 15.7. The highest BCUT2D eigenvalue weighted by Crippen LogP contribution is 2.35. The zero-order valence-electron chi connectivity index (χ0n) is 12.3. The highest BCUT2D eigenvalue weighted by molar-refractivity contribution is 7.19. The Morgan fingerprint density at radius 3 is 2.91 bits per heavy atom. The number of thiazole rings is 1. The maximum atomic E-state index is 6.08. The third-order valence-electron chi connectivity index (χ3n) is 3.26. The molecule has 22 heavy (non-hydrogen) atoms. The van der Waals surface area contributed by atoms with Crippen molar-refractivity contribution in [3.63, 3.8) is 0 Å². The third kappa shape index (κ3) is 3.22. The molecule has 3 aromatic rings. The summed E-state index contributed by atoms with van der Waals surface area (Å²) in [6.45, 7) is 4.68. The van der Waals surface area contributed by atoms with Crippen LogP contribution in [0.15, 0.2) is 10.9 Å². The van der Waals surface area contributed by atoms with Crippen LogP contribution in [-0.2, 0) is 13.0 Å². The van der Waals surface area contributed by atoms with Gasteiger partial charge in [0.1, 0.15) is 5.82 Å². The second-order valence-electron chi connectivity index (χ2n) is 5.18. The van der Waals surface area contributed by atoms with Gasteiger partial charge in [-0.2, -0.15) is 4.98 Å². The Balaban J connectivity index is 1.98. The van der Waals surface area contributed by atoms with Gasteiger partial charge in [-0.05, 0) is 37.4 Å². The number of hydrogen-bond donors (Lipinski definition) is 2. The molecule has 0 bridgehead atoms. The third-order valence-corrected chi connectivity index (χ3v) is 5.38. The van der Waals surface area contributed by atoms with Crippen molar-refractivity contribution in [3.05, 3.63) is 32.3 Å². The first-order chi connectivity index (χ1) is 10.5. The molecule has 3 heterocycles. The molecule has 3 N–H and O–H groups in total. The molecule has 0 spiro atoms. The van der Waals surface area contributed by atoms with E-state index >= 15 is 0 Å². The number of halogens is 1. The molecule has 0 unspecified atom stereocenters. The second-order valence-corrected chi connectivity index (χ2v) is 7.35. The van der Waals surface area contributed by atoms with E-state index in [2.05, 4.69) is 27.2 Å². The van der Waals surface area contributed by atoms with Crippen LogP contribution in [0.3, 0.4) is 0 Å². The van der Waals surface area contributed by atoms with Gasteiger partial charge in [0.15, 0.2) is 0 Å². The molecular weight excluding hydrogens is 338 g/mol. The van der Waals surface area contributed by atoms with E-state index in [4.69, 9.17) is 17.3 Å². The SMILES string of the molecule is Cc1c(C[C@H](C)N)sc2c(NCc3cscn3)nc(Cl)nc12. The first-order valence-electron chi connectivity index (χ1n) is 6.86. The Labute approximate surface area is 141 Å². The second kappa shape index (κ2) is 6.45. The lowest BCUT2D eigenvalue weighted by Gasteiger charge is -2.05. The fourth-order valence-electron chi connectivity index (χ4n) is 2.21. The largest absolute Gasteiger partial charge is 0.363 e. The average Bonchev–Trinajstić information content (AvgIpc) is 3.07. The van der Waals surface area contributed by atoms with Gasteiger partial charge in [-0.3, -0.25) is 0 Å². The molecule has 0 aliphatic rings. The number of nitrogens with zero attached hydrogens (tertiary/aromatic N) is 3. The number of hydrogen-bond acceptors (Lipinski definition) is 7. The Kier molecular flexibility index (Phi) is 4.58. The van der Waals surface area contributed by atoms with E-state index in [0.29, 0.717) is 6.54 Å². The van der Waals surface area contributed by atoms with Gasteiger partial charge in [0.2, 0.25) is 5.28 Å². The molecule has 0 radical (unpaired) electrons. The summed E-state index contributed by atoms with van der Waals surface area (Å²) in [5, 5.41) is 5.57. The summed E-state index contributed by atoms with van der Waals surface area (Å²) in [7, 11) is 0. The molecule has 0 saturated heterocycles. The van der Waals surface area contributed by atoms with Crippen molar-refractivity contribution in [2.75, 3.05) is 5.32 Å². The summed E-state index contributed by atoms with van der Waals surface area (Å²) >= 11 is 9.33. The Morgan fingerprint density at radius 2 is 2.23 bits per heavy atom. The van der Waals surface area contributed by atoms with Gasteiger partial charge in [-0.1, -0.05) is 0 Å². The Bertz CT molecular complexity index is 782. The van der Waals surface area contributed by atoms with Gasteiger partial charge in [0.05, 0.1) is 28.0 Å². The predicted octanol–water partition coefficient (Wildman–Crippen LogP) is 3.61. The molecule has 0 amide bonds. The maximum Gasteiger partial charge on any atom is 0.224 e. The standard InChI is InChI=1S/C14H16ClN5S2/c1-7(16)3-10-8(2)11-12(22-10)13(20-14(15)19-11)17-4-9-5-21-6-18-9/h5-7H,3-4,16H2,1-2H3,(H,17,19,20)/t7-/m0/s1. The lowest BCUT2D eigenvalue weighted by atomic mass is 10.1. The van der Waals surface area contributed by atoms with Gasteiger partial charge in [-0.15, -0.1) is 22.7 Å². The zero-order valence-corrected chi connectivity index (χ0v) is 14.6. The van der Waals surface area contributed by atoms with Crippen LogP contribution in [0, 0.1) is 6.92 Å². The summed E-state index contributed by atoms with van der Waals surface area (Å²) in [6, 6.07) is 0.113. The molecule has 0 aliphatic heterocycles. The van der Waals surface area contributed by atoms with Gasteiger partial charge >= 0.3 is 0 Å². The highest BCUT2D eigenvalue weighted by Gasteiger charge is 2.16. The first kappa shape index (κ1) is 15.6. The van der Waals surface area contributed by atoms with Crippen LogP contribution in [0.1, 0.15) is 23.1 Å². The number of nitrogens with one attached hydrogen (secondary N) is 1. The fraction of sp³-hybridized carbons (Fsp3) is 0.357. The van der Waals surface area contributed by atoms with Crippen LogP contribution in [0.4, 0.5) is 5.82 Å². The van der Waals surface area contributed by atoms with Crippen molar-refractivity contribution in [2.45, 2.75) is 32.9 Å². The normalized spacial score (nSPS) is 12.7. The first-order valence-corrected chi connectivity index (χ1v) is 9.00. The van der Waals surface area contributed by atoms with Crippen molar-refractivity contribution in [2.24, 2.45) is 5.73 Å². The Hall–Kier alpha value is -1.28. The molecule has 116 valence electrons. The number of nitrogens with two attached hydrogens (primary N) is 1. The van der Waals surface area contributed by atoms with Crippen molar-refractivity contribution < 1.29 is 0 Å². The van der Waals surface area contributed by atoms with E-state index in [1.54, 1.807) is 22.7 Å². The van der Waals surface area contributed by atoms with Crippen molar-refractivity contribution in [3.8, 4) is 0 Å². The highest BCUT2D eigenvalue weighted by atomic mass is 35.5. The van der Waals surface area contributed by atoms with E-state index in [9.17, 15) is 0 Å². The average molecular weight is 354 g/mol. The molecule has 3 aromatic heterocycles. The van der Waals surface area contributed by atoms with Crippen LogP contribution < -0.4 is 11.1 Å². The monoisotopic (exact) mass is 353 g/mol. The van der Waals surface area contributed by atoms with Crippen LogP contribution in [0.5, 0.6) is 0 Å². The molecular formula is C14H16ClN5S2. The Morgan fingerprint density at radius 1 is 1.41 bits per heavy atom. The van der Waals surface area contributed by atoms with Crippen molar-refractivity contribution in [1.29, 1.82) is 0 Å². The van der Waals surface area contributed by atoms with E-state index in [1.165, 1.54) is 4.88 Å². The molecule has 0 aliphatic carbocycles. The number of fused-ring (bicyclic) bond motifs is 1. The fourth-order valence-corrected chi connectivity index (χ4v) is 4.29. The van der Waals surface area contributed by atoms with E-state index in [0.717, 1.165) is 33.7 Å². The van der Waals surface area contributed by atoms with Gasteiger partial charge in [0.25, 0.3) is 0 Å². The summed E-state index contributed by atoms with van der Waals surface area (Å²) < 4.78 is 1.02. The number of rotatable bonds is 5. The molecule has 3 rings (SSSR count). The summed E-state index contributed by atoms with van der Waals surface area (Å²) in [5.74, 6) is 0.757. The maximum absolute atomic E-state index is 6.08. The topological polar surface area (TPSA) is 76.7 Å². The minimum Gasteiger partial charge on any atom is -0.363 e. The lowest BCUT2D eigenvalue weighted by Crippen LogP contribution is -2.17. The quantitative estimate of drug-likeness (QED) is 0.685. The molecule has 8 heteroatoms. The minimum absolute atomic E-state index is 0.113. The van der Waals surface area contributed by atoms with Crippen molar-refractivity contribution >= 4 is 50.3 Å². The van der Waals surface area contributed by atoms with E-state index in [-0.39, 0.29) is 11.3 Å². The number of thiophene rings is 1. The van der Waals surface area contributed by atoms with Gasteiger partial charge in [-0.25, -0.2) is 9.97 Å². The number of aryl methyl sites for hydroxylation is 1.